The molecule has 2 aromatic carbocycles. The van der Waals surface area contributed by atoms with E-state index in [9.17, 15) is 13.2 Å². The molecule has 0 aliphatic rings. The predicted octanol–water partition coefficient (Wildman–Crippen LogP) is 2.22. The number of nitrogens with one attached hydrogen (secondary N) is 1. The fourth-order valence-corrected chi connectivity index (χ4v) is 3.46. The van der Waals surface area contributed by atoms with Crippen molar-refractivity contribution in [2.45, 2.75) is 17.7 Å². The first-order chi connectivity index (χ1) is 11.5. The Kier molecular flexibility index (Phi) is 6.37. The number of benzene rings is 2. The van der Waals surface area contributed by atoms with Gasteiger partial charge in [-0.2, -0.15) is 0 Å². The van der Waals surface area contributed by atoms with Crippen molar-refractivity contribution in [2.24, 2.45) is 0 Å². The summed E-state index contributed by atoms with van der Waals surface area (Å²) in [5, 5.41) is 2.75. The molecule has 5 nitrogen and oxygen atoms in total. The fourth-order valence-electron chi connectivity index (χ4n) is 2.20. The van der Waals surface area contributed by atoms with Crippen LogP contribution in [-0.4, -0.2) is 33.7 Å². The molecule has 24 heavy (non-hydrogen) atoms. The van der Waals surface area contributed by atoms with Crippen molar-refractivity contribution in [3.63, 3.8) is 0 Å². The Morgan fingerprint density at radius 3 is 2.33 bits per heavy atom. The number of methoxy groups -OCH3 is 1. The summed E-state index contributed by atoms with van der Waals surface area (Å²) in [4.78, 5) is 12.1. The monoisotopic (exact) mass is 347 g/mol. The first kappa shape index (κ1) is 18.0. The number of ether oxygens (including phenoxy) is 1. The lowest BCUT2D eigenvalue weighted by Gasteiger charge is -2.07. The maximum Gasteiger partial charge on any atom is 0.221 e. The molecule has 0 aromatic heterocycles. The largest absolute Gasteiger partial charge is 0.497 e. The molecule has 0 saturated heterocycles. The van der Waals surface area contributed by atoms with Crippen LogP contribution in [0.2, 0.25) is 0 Å². The summed E-state index contributed by atoms with van der Waals surface area (Å²) in [7, 11) is -1.81. The minimum Gasteiger partial charge on any atom is -0.497 e. The van der Waals surface area contributed by atoms with Gasteiger partial charge in [0.15, 0.2) is 9.84 Å². The number of sulfone groups is 1. The molecule has 0 bridgehead atoms. The number of amides is 1. The van der Waals surface area contributed by atoms with Crippen LogP contribution in [0.4, 0.5) is 0 Å². The maximum atomic E-state index is 12.1. The molecule has 0 spiro atoms. The topological polar surface area (TPSA) is 72.5 Å². The van der Waals surface area contributed by atoms with Gasteiger partial charge in [-0.25, -0.2) is 8.42 Å². The van der Waals surface area contributed by atoms with Crippen LogP contribution in [0.15, 0.2) is 59.5 Å². The Labute approximate surface area is 142 Å². The second kappa shape index (κ2) is 8.49. The lowest BCUT2D eigenvalue weighted by atomic mass is 10.1. The molecule has 0 aliphatic carbocycles. The van der Waals surface area contributed by atoms with Crippen molar-refractivity contribution in [2.75, 3.05) is 19.4 Å². The van der Waals surface area contributed by atoms with Crippen molar-refractivity contribution in [3.8, 4) is 5.75 Å². The second-order valence-corrected chi connectivity index (χ2v) is 7.44. The quantitative estimate of drug-likeness (QED) is 0.795. The number of rotatable bonds is 8. The molecule has 2 aromatic rings. The Morgan fingerprint density at radius 1 is 1.04 bits per heavy atom. The number of hydrogen-bond donors (Lipinski definition) is 1. The Hall–Kier alpha value is -2.34. The van der Waals surface area contributed by atoms with Gasteiger partial charge in [0.05, 0.1) is 17.8 Å². The summed E-state index contributed by atoms with van der Waals surface area (Å²) in [5.74, 6) is 0.336. The van der Waals surface area contributed by atoms with Gasteiger partial charge in [-0.05, 0) is 36.2 Å². The zero-order chi connectivity index (χ0) is 17.4. The third kappa shape index (κ3) is 5.38. The molecule has 1 N–H and O–H groups in total. The SMILES string of the molecule is COc1ccc(CCNC(=O)CCS(=O)(=O)c2ccccc2)cc1. The average molecular weight is 347 g/mol. The zero-order valence-corrected chi connectivity index (χ0v) is 14.4. The van der Waals surface area contributed by atoms with Gasteiger partial charge in [0, 0.05) is 13.0 Å². The lowest BCUT2D eigenvalue weighted by Crippen LogP contribution is -2.27. The van der Waals surface area contributed by atoms with Crippen LogP contribution < -0.4 is 10.1 Å². The van der Waals surface area contributed by atoms with Crippen molar-refractivity contribution in [1.29, 1.82) is 0 Å². The zero-order valence-electron chi connectivity index (χ0n) is 13.6. The van der Waals surface area contributed by atoms with E-state index in [2.05, 4.69) is 5.32 Å². The normalized spacial score (nSPS) is 11.0. The number of hydrogen-bond acceptors (Lipinski definition) is 4. The van der Waals surface area contributed by atoms with E-state index in [0.717, 1.165) is 11.3 Å². The molecule has 0 fully saturated rings. The summed E-state index contributed by atoms with van der Waals surface area (Å²) in [5.41, 5.74) is 1.08. The lowest BCUT2D eigenvalue weighted by molar-refractivity contribution is -0.120. The summed E-state index contributed by atoms with van der Waals surface area (Å²) in [6.45, 7) is 0.469. The summed E-state index contributed by atoms with van der Waals surface area (Å²) in [6, 6.07) is 15.8. The van der Waals surface area contributed by atoms with E-state index >= 15 is 0 Å². The smallest absolute Gasteiger partial charge is 0.221 e. The molecule has 2 rings (SSSR count). The van der Waals surface area contributed by atoms with Gasteiger partial charge in [-0.3, -0.25) is 4.79 Å². The van der Waals surface area contributed by atoms with Crippen LogP contribution in [0.3, 0.4) is 0 Å². The summed E-state index contributed by atoms with van der Waals surface area (Å²) >= 11 is 0. The molecule has 0 aliphatic heterocycles. The average Bonchev–Trinajstić information content (AvgIpc) is 2.61. The molecule has 0 radical (unpaired) electrons. The van der Waals surface area contributed by atoms with E-state index in [1.54, 1.807) is 25.3 Å². The highest BCUT2D eigenvalue weighted by atomic mass is 32.2. The van der Waals surface area contributed by atoms with E-state index in [0.29, 0.717) is 13.0 Å². The third-order valence-corrected chi connectivity index (χ3v) is 5.33. The molecule has 0 saturated carbocycles. The predicted molar refractivity (Wildman–Crippen MR) is 92.8 cm³/mol. The molecule has 1 amide bonds. The van der Waals surface area contributed by atoms with E-state index in [1.807, 2.05) is 24.3 Å². The van der Waals surface area contributed by atoms with Gasteiger partial charge in [-0.1, -0.05) is 30.3 Å². The van der Waals surface area contributed by atoms with Crippen LogP contribution in [0.25, 0.3) is 0 Å². The van der Waals surface area contributed by atoms with Gasteiger partial charge in [0.2, 0.25) is 5.91 Å². The first-order valence-electron chi connectivity index (χ1n) is 7.69. The van der Waals surface area contributed by atoms with E-state index in [4.69, 9.17) is 4.74 Å². The van der Waals surface area contributed by atoms with Crippen molar-refractivity contribution in [3.05, 3.63) is 60.2 Å². The van der Waals surface area contributed by atoms with Crippen molar-refractivity contribution < 1.29 is 17.9 Å². The highest BCUT2D eigenvalue weighted by Gasteiger charge is 2.15. The minimum atomic E-state index is -3.41. The molecule has 6 heteroatoms. The van der Waals surface area contributed by atoms with Crippen LogP contribution in [0, 0.1) is 0 Å². The van der Waals surface area contributed by atoms with E-state index in [-0.39, 0.29) is 23.0 Å². The van der Waals surface area contributed by atoms with Gasteiger partial charge in [0.1, 0.15) is 5.75 Å². The molecular formula is C18H21NO4S. The van der Waals surface area contributed by atoms with Crippen LogP contribution in [-0.2, 0) is 21.1 Å². The Bertz CT molecular complexity index is 755. The van der Waals surface area contributed by atoms with Crippen LogP contribution >= 0.6 is 0 Å². The highest BCUT2D eigenvalue weighted by Crippen LogP contribution is 2.12. The molecule has 0 unspecified atom stereocenters. The van der Waals surface area contributed by atoms with Crippen LogP contribution in [0.1, 0.15) is 12.0 Å². The first-order valence-corrected chi connectivity index (χ1v) is 9.34. The molecular weight excluding hydrogens is 326 g/mol. The highest BCUT2D eigenvalue weighted by molar-refractivity contribution is 7.91. The minimum absolute atomic E-state index is 0.0418. The Morgan fingerprint density at radius 2 is 1.71 bits per heavy atom. The fraction of sp³-hybridized carbons (Fsp3) is 0.278. The third-order valence-electron chi connectivity index (χ3n) is 3.60. The summed E-state index contributed by atoms with van der Waals surface area (Å²) < 4.78 is 29.3. The standard InChI is InChI=1S/C18H21NO4S/c1-23-16-9-7-15(8-10-16)11-13-19-18(20)12-14-24(21,22)17-5-3-2-4-6-17/h2-10H,11-14H2,1H3,(H,19,20). The maximum absolute atomic E-state index is 12.1. The van der Waals surface area contributed by atoms with E-state index in [1.165, 1.54) is 12.1 Å². The Balaban J connectivity index is 1.75. The van der Waals surface area contributed by atoms with E-state index < -0.39 is 9.84 Å². The molecule has 128 valence electrons. The summed E-state index contributed by atoms with van der Waals surface area (Å²) in [6.07, 6.45) is 0.640. The number of carbonyl (C=O) groups is 1. The van der Waals surface area contributed by atoms with Gasteiger partial charge >= 0.3 is 0 Å². The van der Waals surface area contributed by atoms with Gasteiger partial charge < -0.3 is 10.1 Å². The van der Waals surface area contributed by atoms with Crippen molar-refractivity contribution >= 4 is 15.7 Å². The van der Waals surface area contributed by atoms with Crippen LogP contribution in [0.5, 0.6) is 5.75 Å². The van der Waals surface area contributed by atoms with Gasteiger partial charge in [0.25, 0.3) is 0 Å². The second-order valence-electron chi connectivity index (χ2n) is 5.33. The van der Waals surface area contributed by atoms with Gasteiger partial charge in [-0.15, -0.1) is 0 Å². The number of carbonyl (C=O) groups excluding carboxylic acids is 1. The van der Waals surface area contributed by atoms with Crippen molar-refractivity contribution in [1.82, 2.24) is 5.32 Å². The molecule has 0 atom stereocenters. The molecule has 0 heterocycles.